The molecule has 0 fully saturated rings. The molecule has 0 spiro atoms. The van der Waals surface area contributed by atoms with Crippen LogP contribution in [0.15, 0.2) is 30.3 Å². The van der Waals surface area contributed by atoms with Gasteiger partial charge in [-0.1, -0.05) is 18.2 Å². The van der Waals surface area contributed by atoms with Crippen LogP contribution in [0.5, 0.6) is 5.75 Å². The molecule has 6 nitrogen and oxygen atoms in total. The zero-order valence-corrected chi connectivity index (χ0v) is 13.6. The van der Waals surface area contributed by atoms with Crippen molar-refractivity contribution < 1.29 is 18.3 Å². The lowest BCUT2D eigenvalue weighted by Gasteiger charge is -2.11. The van der Waals surface area contributed by atoms with E-state index >= 15 is 0 Å². The monoisotopic (exact) mass is 336 g/mol. The van der Waals surface area contributed by atoms with Crippen molar-refractivity contribution >= 4 is 11.5 Å². The molecule has 0 unspecified atom stereocenters. The molecule has 1 amide bonds. The molecule has 0 saturated carbocycles. The quantitative estimate of drug-likeness (QED) is 0.823. The molecule has 1 aromatic carbocycles. The first-order valence-corrected chi connectivity index (χ1v) is 7.23. The van der Waals surface area contributed by atoms with Crippen molar-refractivity contribution in [3.8, 4) is 5.75 Å². The summed E-state index contributed by atoms with van der Waals surface area (Å²) in [4.78, 5) is 12.0. The van der Waals surface area contributed by atoms with Crippen molar-refractivity contribution in [1.29, 1.82) is 0 Å². The fourth-order valence-electron chi connectivity index (χ4n) is 2.09. The number of hydrogen-bond acceptors (Lipinski definition) is 4. The number of benzene rings is 1. The van der Waals surface area contributed by atoms with E-state index in [0.29, 0.717) is 17.0 Å². The Hall–Kier alpha value is -2.77. The second kappa shape index (κ2) is 7.67. The van der Waals surface area contributed by atoms with Gasteiger partial charge in [-0.3, -0.25) is 4.79 Å². The van der Waals surface area contributed by atoms with Gasteiger partial charge >= 0.3 is 6.61 Å². The average molecular weight is 336 g/mol. The Kier molecular flexibility index (Phi) is 5.62. The summed E-state index contributed by atoms with van der Waals surface area (Å²) in [5.74, 6) is 1.02. The van der Waals surface area contributed by atoms with Crippen LogP contribution in [-0.2, 0) is 18.4 Å². The Morgan fingerprint density at radius 3 is 2.71 bits per heavy atom. The normalized spacial score (nSPS) is 11.7. The molecule has 1 heterocycles. The Morgan fingerprint density at radius 1 is 1.38 bits per heavy atom. The molecule has 8 heteroatoms. The highest BCUT2D eigenvalue weighted by atomic mass is 19.3. The number of ether oxygens (including phenoxy) is 1. The van der Waals surface area contributed by atoms with Crippen molar-refractivity contribution in [3.63, 3.8) is 0 Å². The molecule has 1 aromatic heterocycles. The predicted octanol–water partition coefficient (Wildman–Crippen LogP) is 2.44. The van der Waals surface area contributed by atoms with Crippen LogP contribution in [-0.4, -0.2) is 27.3 Å². The van der Waals surface area contributed by atoms with E-state index in [1.165, 1.54) is 12.1 Å². The van der Waals surface area contributed by atoms with Gasteiger partial charge in [0.1, 0.15) is 11.6 Å². The minimum atomic E-state index is -2.92. The summed E-state index contributed by atoms with van der Waals surface area (Å²) in [7, 11) is 1.80. The van der Waals surface area contributed by atoms with Gasteiger partial charge in [0.25, 0.3) is 0 Å². The van der Waals surface area contributed by atoms with Gasteiger partial charge < -0.3 is 14.6 Å². The number of nitrogens with zero attached hydrogens (tertiary/aromatic N) is 3. The van der Waals surface area contributed by atoms with Crippen molar-refractivity contribution in [2.24, 2.45) is 7.05 Å². The molecule has 0 bridgehead atoms. The van der Waals surface area contributed by atoms with Crippen LogP contribution >= 0.6 is 0 Å². The number of para-hydroxylation sites is 1. The van der Waals surface area contributed by atoms with Crippen LogP contribution in [0.25, 0.3) is 5.57 Å². The Bertz CT molecular complexity index is 756. The minimum absolute atomic E-state index is 0.0259. The van der Waals surface area contributed by atoms with E-state index < -0.39 is 6.61 Å². The summed E-state index contributed by atoms with van der Waals surface area (Å²) in [6.45, 7) is 0.754. The maximum atomic E-state index is 12.4. The van der Waals surface area contributed by atoms with E-state index in [-0.39, 0.29) is 18.2 Å². The SMILES string of the molecule is CC(=CC(=O)NCc1nnc(C)n1C)c1ccccc1OC(F)F. The summed E-state index contributed by atoms with van der Waals surface area (Å²) < 4.78 is 31.1. The highest BCUT2D eigenvalue weighted by molar-refractivity contribution is 5.95. The number of halogens is 2. The zero-order valence-electron chi connectivity index (χ0n) is 13.6. The number of alkyl halides is 2. The summed E-state index contributed by atoms with van der Waals surface area (Å²) in [6, 6.07) is 6.32. The molecule has 0 aliphatic carbocycles. The van der Waals surface area contributed by atoms with Crippen LogP contribution in [0.3, 0.4) is 0 Å². The summed E-state index contributed by atoms with van der Waals surface area (Å²) in [5, 5.41) is 10.5. The van der Waals surface area contributed by atoms with Crippen molar-refractivity contribution in [1.82, 2.24) is 20.1 Å². The van der Waals surface area contributed by atoms with Crippen LogP contribution in [0.4, 0.5) is 8.78 Å². The van der Waals surface area contributed by atoms with E-state index in [1.807, 2.05) is 6.92 Å². The number of rotatable bonds is 6. The number of allylic oxidation sites excluding steroid dienone is 1. The lowest BCUT2D eigenvalue weighted by atomic mass is 10.1. The van der Waals surface area contributed by atoms with E-state index in [4.69, 9.17) is 0 Å². The Morgan fingerprint density at radius 2 is 2.08 bits per heavy atom. The largest absolute Gasteiger partial charge is 0.434 e. The fourth-order valence-corrected chi connectivity index (χ4v) is 2.09. The van der Waals surface area contributed by atoms with E-state index in [0.717, 1.165) is 5.82 Å². The molecule has 0 atom stereocenters. The molecule has 1 N–H and O–H groups in total. The van der Waals surface area contributed by atoms with Crippen LogP contribution in [0.2, 0.25) is 0 Å². The number of carbonyl (C=O) groups excluding carboxylic acids is 1. The average Bonchev–Trinajstić information content (AvgIpc) is 2.84. The predicted molar refractivity (Wildman–Crippen MR) is 84.3 cm³/mol. The third kappa shape index (κ3) is 4.37. The highest BCUT2D eigenvalue weighted by Gasteiger charge is 2.11. The highest BCUT2D eigenvalue weighted by Crippen LogP contribution is 2.26. The fraction of sp³-hybridized carbons (Fsp3) is 0.312. The molecule has 128 valence electrons. The maximum Gasteiger partial charge on any atom is 0.387 e. The zero-order chi connectivity index (χ0) is 17.7. The Labute approximate surface area is 138 Å². The third-order valence-electron chi connectivity index (χ3n) is 3.48. The molecular formula is C16H18F2N4O2. The van der Waals surface area contributed by atoms with Crippen molar-refractivity contribution in [2.75, 3.05) is 0 Å². The number of carbonyl (C=O) groups is 1. The van der Waals surface area contributed by atoms with Gasteiger partial charge in [-0.25, -0.2) is 0 Å². The molecule has 24 heavy (non-hydrogen) atoms. The standard InChI is InChI=1S/C16H18F2N4O2/c1-10(12-6-4-5-7-13(12)24-16(17)18)8-15(23)19-9-14-21-20-11(2)22(14)3/h4-8,16H,9H2,1-3H3,(H,19,23). The number of nitrogens with one attached hydrogen (secondary N) is 1. The van der Waals surface area contributed by atoms with Crippen molar-refractivity contribution in [3.05, 3.63) is 47.6 Å². The molecule has 0 radical (unpaired) electrons. The van der Waals surface area contributed by atoms with E-state index in [9.17, 15) is 13.6 Å². The van der Waals surface area contributed by atoms with Gasteiger partial charge in [0, 0.05) is 18.7 Å². The number of aryl methyl sites for hydroxylation is 1. The summed E-state index contributed by atoms with van der Waals surface area (Å²) in [6.07, 6.45) is 1.33. The van der Waals surface area contributed by atoms with Gasteiger partial charge in [0.2, 0.25) is 5.91 Å². The van der Waals surface area contributed by atoms with Gasteiger partial charge in [-0.2, -0.15) is 8.78 Å². The summed E-state index contributed by atoms with van der Waals surface area (Å²) in [5.41, 5.74) is 0.945. The van der Waals surface area contributed by atoms with Gasteiger partial charge in [0.05, 0.1) is 6.54 Å². The van der Waals surface area contributed by atoms with Crippen LogP contribution < -0.4 is 10.1 Å². The second-order valence-corrected chi connectivity index (χ2v) is 5.14. The topological polar surface area (TPSA) is 69.0 Å². The number of amides is 1. The van der Waals surface area contributed by atoms with Crippen LogP contribution in [0, 0.1) is 6.92 Å². The van der Waals surface area contributed by atoms with E-state index in [1.54, 1.807) is 36.7 Å². The second-order valence-electron chi connectivity index (χ2n) is 5.14. The van der Waals surface area contributed by atoms with Crippen LogP contribution in [0.1, 0.15) is 24.1 Å². The molecule has 2 rings (SSSR count). The third-order valence-corrected chi connectivity index (χ3v) is 3.48. The molecule has 0 aliphatic rings. The number of hydrogen-bond donors (Lipinski definition) is 1. The molecule has 2 aromatic rings. The Balaban J connectivity index is 2.07. The smallest absolute Gasteiger partial charge is 0.387 e. The maximum absolute atomic E-state index is 12.4. The van der Waals surface area contributed by atoms with Crippen molar-refractivity contribution in [2.45, 2.75) is 27.0 Å². The molecule has 0 aliphatic heterocycles. The van der Waals surface area contributed by atoms with E-state index in [2.05, 4.69) is 20.3 Å². The van der Waals surface area contributed by atoms with Gasteiger partial charge in [0.15, 0.2) is 5.82 Å². The lowest BCUT2D eigenvalue weighted by Crippen LogP contribution is -2.22. The number of aromatic nitrogens is 3. The first-order chi connectivity index (χ1) is 11.4. The first kappa shape index (κ1) is 17.6. The minimum Gasteiger partial charge on any atom is -0.434 e. The lowest BCUT2D eigenvalue weighted by molar-refractivity contribution is -0.116. The van der Waals surface area contributed by atoms with Gasteiger partial charge in [-0.05, 0) is 25.5 Å². The first-order valence-electron chi connectivity index (χ1n) is 7.23. The van der Waals surface area contributed by atoms with Gasteiger partial charge in [-0.15, -0.1) is 10.2 Å². The summed E-state index contributed by atoms with van der Waals surface area (Å²) >= 11 is 0. The molecular weight excluding hydrogens is 318 g/mol. The molecule has 0 saturated heterocycles.